The van der Waals surface area contributed by atoms with Gasteiger partial charge in [-0.05, 0) is 37.6 Å². The van der Waals surface area contributed by atoms with E-state index < -0.39 is 0 Å². The van der Waals surface area contributed by atoms with Crippen molar-refractivity contribution in [3.05, 3.63) is 77.0 Å². The number of nitrogens with one attached hydrogen (secondary N) is 1. The summed E-state index contributed by atoms with van der Waals surface area (Å²) in [6.07, 6.45) is 0. The summed E-state index contributed by atoms with van der Waals surface area (Å²) in [4.78, 5) is 22.2. The molecule has 1 amide bonds. The Balaban J connectivity index is 1.25. The molecule has 0 radical (unpaired) electrons. The Morgan fingerprint density at radius 2 is 1.70 bits per heavy atom. The molecule has 5 nitrogen and oxygen atoms in total. The van der Waals surface area contributed by atoms with E-state index in [0.717, 1.165) is 55.9 Å². The molecule has 0 atom stereocenters. The van der Waals surface area contributed by atoms with Gasteiger partial charge in [-0.1, -0.05) is 42.0 Å². The summed E-state index contributed by atoms with van der Waals surface area (Å²) in [5.74, 6) is -0.0360. The SMILES string of the molecule is Cc1ccc2nc(C)c(C(=O)NCCN3CCN(Cc4ccccc4)CC3)cc2c1. The molecule has 0 unspecified atom stereocenters. The van der Waals surface area contributed by atoms with Crippen molar-refractivity contribution in [2.45, 2.75) is 20.4 Å². The highest BCUT2D eigenvalue weighted by Gasteiger charge is 2.17. The zero-order chi connectivity index (χ0) is 20.9. The van der Waals surface area contributed by atoms with Gasteiger partial charge in [-0.15, -0.1) is 0 Å². The summed E-state index contributed by atoms with van der Waals surface area (Å²) < 4.78 is 0. The van der Waals surface area contributed by atoms with Gasteiger partial charge in [0.1, 0.15) is 0 Å². The molecule has 156 valence electrons. The maximum absolute atomic E-state index is 12.7. The van der Waals surface area contributed by atoms with E-state index in [1.807, 2.05) is 25.1 Å². The molecule has 3 aromatic rings. The fraction of sp³-hybridized carbons (Fsp3) is 0.360. The van der Waals surface area contributed by atoms with Crippen LogP contribution < -0.4 is 5.32 Å². The first-order valence-corrected chi connectivity index (χ1v) is 10.7. The number of benzene rings is 2. The Morgan fingerprint density at radius 1 is 0.967 bits per heavy atom. The van der Waals surface area contributed by atoms with Gasteiger partial charge >= 0.3 is 0 Å². The molecule has 0 saturated carbocycles. The lowest BCUT2D eigenvalue weighted by atomic mass is 10.1. The minimum Gasteiger partial charge on any atom is -0.351 e. The van der Waals surface area contributed by atoms with Gasteiger partial charge in [-0.2, -0.15) is 0 Å². The summed E-state index contributed by atoms with van der Waals surface area (Å²) in [5.41, 5.74) is 4.92. The molecule has 0 bridgehead atoms. The van der Waals surface area contributed by atoms with E-state index in [-0.39, 0.29) is 5.91 Å². The van der Waals surface area contributed by atoms with Gasteiger partial charge in [0, 0.05) is 51.2 Å². The number of carbonyl (C=O) groups is 1. The van der Waals surface area contributed by atoms with Crippen molar-refractivity contribution in [3.8, 4) is 0 Å². The second-order valence-electron chi connectivity index (χ2n) is 8.18. The van der Waals surface area contributed by atoms with Gasteiger partial charge in [-0.25, -0.2) is 0 Å². The number of aryl methyl sites for hydroxylation is 2. The van der Waals surface area contributed by atoms with E-state index in [9.17, 15) is 4.79 Å². The molecule has 0 aliphatic carbocycles. The Labute approximate surface area is 178 Å². The third-order valence-corrected chi connectivity index (χ3v) is 5.83. The van der Waals surface area contributed by atoms with Crippen LogP contribution >= 0.6 is 0 Å². The van der Waals surface area contributed by atoms with Crippen molar-refractivity contribution < 1.29 is 4.79 Å². The van der Waals surface area contributed by atoms with Crippen molar-refractivity contribution >= 4 is 16.8 Å². The molecule has 1 fully saturated rings. The smallest absolute Gasteiger partial charge is 0.253 e. The molecular weight excluding hydrogens is 372 g/mol. The minimum atomic E-state index is -0.0360. The molecule has 1 N–H and O–H groups in total. The van der Waals surface area contributed by atoms with Crippen molar-refractivity contribution in [3.63, 3.8) is 0 Å². The number of carbonyl (C=O) groups excluding carboxylic acids is 1. The van der Waals surface area contributed by atoms with Gasteiger partial charge in [0.15, 0.2) is 0 Å². The molecule has 4 rings (SSSR count). The summed E-state index contributed by atoms with van der Waals surface area (Å²) in [7, 11) is 0. The molecular formula is C25H30N4O. The predicted molar refractivity (Wildman–Crippen MR) is 122 cm³/mol. The Morgan fingerprint density at radius 3 is 2.47 bits per heavy atom. The number of piperazine rings is 1. The molecule has 1 aliphatic rings. The number of hydrogen-bond acceptors (Lipinski definition) is 4. The van der Waals surface area contributed by atoms with E-state index in [4.69, 9.17) is 0 Å². The Bertz CT molecular complexity index is 1010. The number of hydrogen-bond donors (Lipinski definition) is 1. The third kappa shape index (κ3) is 5.04. The van der Waals surface area contributed by atoms with Crippen LogP contribution in [0.5, 0.6) is 0 Å². The first-order valence-electron chi connectivity index (χ1n) is 10.7. The van der Waals surface area contributed by atoms with Crippen molar-refractivity contribution in [1.29, 1.82) is 0 Å². The zero-order valence-corrected chi connectivity index (χ0v) is 17.9. The summed E-state index contributed by atoms with van der Waals surface area (Å²) >= 11 is 0. The van der Waals surface area contributed by atoms with E-state index in [1.165, 1.54) is 11.1 Å². The highest BCUT2D eigenvalue weighted by molar-refractivity contribution is 5.98. The van der Waals surface area contributed by atoms with Crippen LogP contribution in [0.1, 0.15) is 27.2 Å². The highest BCUT2D eigenvalue weighted by Crippen LogP contribution is 2.18. The average Bonchev–Trinajstić information content (AvgIpc) is 2.75. The second-order valence-corrected chi connectivity index (χ2v) is 8.18. The first kappa shape index (κ1) is 20.5. The van der Waals surface area contributed by atoms with E-state index in [1.54, 1.807) is 0 Å². The number of fused-ring (bicyclic) bond motifs is 1. The third-order valence-electron chi connectivity index (χ3n) is 5.83. The monoisotopic (exact) mass is 402 g/mol. The lowest BCUT2D eigenvalue weighted by Crippen LogP contribution is -2.48. The van der Waals surface area contributed by atoms with Crippen molar-refractivity contribution in [2.24, 2.45) is 0 Å². The largest absolute Gasteiger partial charge is 0.351 e. The predicted octanol–water partition coefficient (Wildman–Crippen LogP) is 3.40. The molecule has 2 heterocycles. The van der Waals surface area contributed by atoms with Crippen LogP contribution in [0.3, 0.4) is 0 Å². The average molecular weight is 403 g/mol. The van der Waals surface area contributed by atoms with E-state index >= 15 is 0 Å². The van der Waals surface area contributed by atoms with Crippen LogP contribution in [0.25, 0.3) is 10.9 Å². The normalized spacial score (nSPS) is 15.4. The van der Waals surface area contributed by atoms with Crippen LogP contribution in [0.2, 0.25) is 0 Å². The van der Waals surface area contributed by atoms with Crippen molar-refractivity contribution in [2.75, 3.05) is 39.3 Å². The fourth-order valence-corrected chi connectivity index (χ4v) is 4.06. The van der Waals surface area contributed by atoms with Crippen LogP contribution in [-0.4, -0.2) is 60.0 Å². The lowest BCUT2D eigenvalue weighted by Gasteiger charge is -2.34. The second kappa shape index (κ2) is 9.37. The molecule has 30 heavy (non-hydrogen) atoms. The van der Waals surface area contributed by atoms with Crippen LogP contribution in [0.4, 0.5) is 0 Å². The molecule has 5 heteroatoms. The van der Waals surface area contributed by atoms with Gasteiger partial charge in [0.2, 0.25) is 0 Å². The molecule has 2 aromatic carbocycles. The number of amides is 1. The van der Waals surface area contributed by atoms with E-state index in [2.05, 4.69) is 63.4 Å². The van der Waals surface area contributed by atoms with Gasteiger partial charge in [0.05, 0.1) is 16.8 Å². The number of nitrogens with zero attached hydrogens (tertiary/aromatic N) is 3. The lowest BCUT2D eigenvalue weighted by molar-refractivity contribution is 0.0933. The van der Waals surface area contributed by atoms with Gasteiger partial charge in [0.25, 0.3) is 5.91 Å². The fourth-order valence-electron chi connectivity index (χ4n) is 4.06. The summed E-state index contributed by atoms with van der Waals surface area (Å²) in [6, 6.07) is 18.7. The molecule has 1 aromatic heterocycles. The Hall–Kier alpha value is -2.76. The number of rotatable bonds is 6. The standard InChI is InChI=1S/C25H30N4O/c1-19-8-9-24-22(16-19)17-23(20(2)27-24)25(30)26-10-11-28-12-14-29(15-13-28)18-21-6-4-3-5-7-21/h3-9,16-17H,10-15,18H2,1-2H3,(H,26,30). The maximum atomic E-state index is 12.7. The maximum Gasteiger partial charge on any atom is 0.253 e. The molecule has 0 spiro atoms. The van der Waals surface area contributed by atoms with Crippen LogP contribution in [-0.2, 0) is 6.54 Å². The van der Waals surface area contributed by atoms with Crippen molar-refractivity contribution in [1.82, 2.24) is 20.1 Å². The first-order chi connectivity index (χ1) is 14.6. The topological polar surface area (TPSA) is 48.5 Å². The van der Waals surface area contributed by atoms with Crippen LogP contribution in [0.15, 0.2) is 54.6 Å². The Kier molecular flexibility index (Phi) is 6.41. The zero-order valence-electron chi connectivity index (χ0n) is 17.9. The molecule has 1 saturated heterocycles. The quantitative estimate of drug-likeness (QED) is 0.687. The summed E-state index contributed by atoms with van der Waals surface area (Å²) in [5, 5.41) is 4.10. The van der Waals surface area contributed by atoms with Crippen LogP contribution in [0, 0.1) is 13.8 Å². The van der Waals surface area contributed by atoms with E-state index in [0.29, 0.717) is 12.1 Å². The number of pyridine rings is 1. The van der Waals surface area contributed by atoms with Gasteiger partial charge in [-0.3, -0.25) is 19.6 Å². The highest BCUT2D eigenvalue weighted by atomic mass is 16.1. The molecule has 1 aliphatic heterocycles. The van der Waals surface area contributed by atoms with Gasteiger partial charge < -0.3 is 5.32 Å². The number of aromatic nitrogens is 1. The summed E-state index contributed by atoms with van der Waals surface area (Å²) in [6.45, 7) is 10.7. The minimum absolute atomic E-state index is 0.0360.